The normalized spacial score (nSPS) is 11.9. The Hall–Kier alpha value is -6.40. The van der Waals surface area contributed by atoms with Crippen molar-refractivity contribution in [1.29, 1.82) is 0 Å². The molecule has 0 fully saturated rings. The van der Waals surface area contributed by atoms with Crippen LogP contribution >= 0.6 is 0 Å². The van der Waals surface area contributed by atoms with Gasteiger partial charge in [0.15, 0.2) is 0 Å². The Kier molecular flexibility index (Phi) is 30.0. The Morgan fingerprint density at radius 1 is 0.333 bits per heavy atom. The van der Waals surface area contributed by atoms with Crippen molar-refractivity contribution >= 4 is 97.9 Å². The molecule has 0 unspecified atom stereocenters. The minimum absolute atomic E-state index is 0. The summed E-state index contributed by atoms with van der Waals surface area (Å²) in [5, 5.41) is 20.6. The average molecular weight is 2360 g/mol. The van der Waals surface area contributed by atoms with Gasteiger partial charge in [-0.2, -0.15) is 52.6 Å². The molecule has 0 spiro atoms. The summed E-state index contributed by atoms with van der Waals surface area (Å²) >= 11 is 0. The Bertz CT molecular complexity index is 5970. The van der Waals surface area contributed by atoms with E-state index < -0.39 is 0 Å². The van der Waals surface area contributed by atoms with Crippen LogP contribution in [0.15, 0.2) is 179 Å². The van der Waals surface area contributed by atoms with Gasteiger partial charge in [-0.05, 0) is 86.0 Å². The summed E-state index contributed by atoms with van der Waals surface area (Å²) in [6.07, 6.45) is 3.00. The Balaban J connectivity index is 0.000000200. The van der Waals surface area contributed by atoms with Gasteiger partial charge in [-0.3, -0.25) is 0 Å². The molecule has 0 saturated carbocycles. The number of hydrogen-bond donors (Lipinski definition) is 0. The Morgan fingerprint density at radius 3 is 1.21 bits per heavy atom. The Morgan fingerprint density at radius 2 is 0.737 bits per heavy atom. The second-order valence-electron chi connectivity index (χ2n) is 37.3. The molecule has 0 bridgehead atoms. The van der Waals surface area contributed by atoms with Crippen molar-refractivity contribution in [3.63, 3.8) is 0 Å². The molecule has 4 heterocycles. The van der Waals surface area contributed by atoms with Crippen LogP contribution in [-0.2, 0) is 139 Å². The molecule has 10 heteroatoms. The molecular formula is C104H120N3O2W5-5. The smallest absolute Gasteiger partial charge is 0.142 e. The van der Waals surface area contributed by atoms with E-state index in [1.54, 1.807) is 0 Å². The second kappa shape index (κ2) is 36.0. The van der Waals surface area contributed by atoms with Gasteiger partial charge in [0, 0.05) is 133 Å². The van der Waals surface area contributed by atoms with Crippen LogP contribution in [-0.4, -0.2) is 14.3 Å². The molecule has 0 saturated heterocycles. The maximum absolute atomic E-state index is 6.67. The number of benzene rings is 11. The molecule has 11 aromatic carbocycles. The number of hydrogen-bond acceptors (Lipinski definition) is 3. The molecule has 598 valence electrons. The van der Waals surface area contributed by atoms with E-state index in [4.69, 9.17) is 8.83 Å². The zero-order valence-corrected chi connectivity index (χ0v) is 88.2. The largest absolute Gasteiger partial charge is 0.479 e. The Labute approximate surface area is 754 Å². The number of aryl methyl sites for hydroxylation is 4. The van der Waals surface area contributed by atoms with E-state index >= 15 is 0 Å². The van der Waals surface area contributed by atoms with E-state index in [0.29, 0.717) is 0 Å². The first-order chi connectivity index (χ1) is 51.0. The van der Waals surface area contributed by atoms with Crippen LogP contribution in [0.2, 0.25) is 0 Å². The number of aromatic nitrogens is 3. The molecule has 5 nitrogen and oxygen atoms in total. The molecule has 16 rings (SSSR count). The van der Waals surface area contributed by atoms with Crippen LogP contribution in [0.25, 0.3) is 109 Å². The van der Waals surface area contributed by atoms with Gasteiger partial charge in [0.25, 0.3) is 0 Å². The van der Waals surface area contributed by atoms with E-state index in [9.17, 15) is 0 Å². The summed E-state index contributed by atoms with van der Waals surface area (Å²) in [6, 6.07) is 62.1. The number of rotatable bonds is 5. The van der Waals surface area contributed by atoms with Crippen LogP contribution in [0.4, 0.5) is 0 Å². The van der Waals surface area contributed by atoms with Crippen molar-refractivity contribution in [3.8, 4) is 11.1 Å². The molecule has 0 amide bonds. The van der Waals surface area contributed by atoms with Crippen molar-refractivity contribution in [1.82, 2.24) is 14.3 Å². The maximum Gasteiger partial charge on any atom is 0.142 e. The molecule has 1 aliphatic carbocycles. The molecule has 0 radical (unpaired) electrons. The van der Waals surface area contributed by atoms with Gasteiger partial charge in [-0.1, -0.05) is 416 Å². The van der Waals surface area contributed by atoms with Gasteiger partial charge >= 0.3 is 0 Å². The minimum atomic E-state index is 0. The van der Waals surface area contributed by atoms with Crippen LogP contribution in [0.1, 0.15) is 257 Å². The van der Waals surface area contributed by atoms with Gasteiger partial charge < -0.3 is 18.1 Å². The standard InChI is InChI=1S/C28H27O.C25H27.C24H25O.C16H22N.C11H19N2.5W/c1-16(2)22-15-23-21-14-13-19-12-11-18-9-7-8-10-20(18)24(19)27(21)29-26(23)17(3)25(22)28(4,5)6;1-15(2)20-14-23-21(16(3)24(20)25(4,5)6)13-19-11-17-9-7-8-10-18(17)12-22(19)23;1-14(2)19-13-20-18-12-11-16-9-7-8-10-17(16)23(18)25-22(20)15(3)21(19)24(4,5)6;1-11(2)17-14-10-8-7-9-13(14)12(3)15(17)16(4,5)6;1-8(2)13-10(11(4,5)6)9(3)7-12-13;;;;;/h7-15H,1-6H3;7-12,14H,13H2,1-6H3;7-13H,1-6H3;7-10H,1-6H3;7H,1-6H3;;;;;/q5*-1;;;;;. The maximum atomic E-state index is 6.67. The van der Waals surface area contributed by atoms with E-state index in [1.165, 1.54) is 200 Å². The third kappa shape index (κ3) is 18.3. The number of nitrogens with zero attached hydrogens (tertiary/aromatic N) is 3. The van der Waals surface area contributed by atoms with Gasteiger partial charge in [0.05, 0.1) is 0 Å². The fourth-order valence-corrected chi connectivity index (χ4v) is 18.1. The van der Waals surface area contributed by atoms with Crippen LogP contribution in [0, 0.1) is 64.5 Å². The average Bonchev–Trinajstić information content (AvgIpc) is 1.57. The summed E-state index contributed by atoms with van der Waals surface area (Å²) in [6.45, 7) is 67.2. The monoisotopic (exact) mass is 2360 g/mol. The molecule has 0 aliphatic heterocycles. The van der Waals surface area contributed by atoms with Gasteiger partial charge in [-0.25, -0.2) is 5.10 Å². The summed E-state index contributed by atoms with van der Waals surface area (Å²) in [4.78, 5) is 0. The fourth-order valence-electron chi connectivity index (χ4n) is 18.1. The quantitative estimate of drug-likeness (QED) is 0.127. The SMILES string of the molecule is Cc1c(C(C)(C)C)c([C-](C)C)cc2c1oc1c2ccc2ccc3ccccc3c21.Cc1c(C(C)(C)C)c([C-](C)C)cc2c1oc1c3ccccc3ccc21.Cc1c(C(C)(C)C)n([C-](C)C)c2ccccc12.Cc1c2c(cc([C-](C)C)c1C(C)(C)C)-c1cc3ccccc3cc1C2.Cc1cnn([C-](C)C)c1C(C)(C)C.[W].[W].[W].[W].[W]. The zero-order valence-electron chi connectivity index (χ0n) is 73.6. The molecule has 4 aromatic heterocycles. The number of fused-ring (bicyclic) bond motifs is 17. The van der Waals surface area contributed by atoms with Crippen LogP contribution in [0.3, 0.4) is 0 Å². The second-order valence-corrected chi connectivity index (χ2v) is 37.3. The van der Waals surface area contributed by atoms with Gasteiger partial charge in [-0.15, -0.1) is 28.8 Å². The van der Waals surface area contributed by atoms with E-state index in [-0.39, 0.29) is 132 Å². The van der Waals surface area contributed by atoms with Gasteiger partial charge in [0.1, 0.15) is 22.3 Å². The first-order valence-corrected chi connectivity index (χ1v) is 39.6. The van der Waals surface area contributed by atoms with Crippen molar-refractivity contribution in [2.45, 2.75) is 241 Å². The third-order valence-electron chi connectivity index (χ3n) is 22.3. The summed E-state index contributed by atoms with van der Waals surface area (Å²) in [7, 11) is 0. The topological polar surface area (TPSA) is 49.0 Å². The van der Waals surface area contributed by atoms with E-state index in [2.05, 4.69) is 381 Å². The molecule has 0 atom stereocenters. The molecule has 114 heavy (non-hydrogen) atoms. The zero-order chi connectivity index (χ0) is 79.4. The molecule has 15 aromatic rings. The summed E-state index contributed by atoms with van der Waals surface area (Å²) in [5.41, 5.74) is 29.8. The summed E-state index contributed by atoms with van der Waals surface area (Å²) < 4.78 is 17.6. The molecule has 0 N–H and O–H groups in total. The van der Waals surface area contributed by atoms with Gasteiger partial charge in [0.2, 0.25) is 0 Å². The fraction of sp³-hybridized carbons (Fsp3) is 0.346. The molecule has 1 aliphatic rings. The first kappa shape index (κ1) is 94.7. The first-order valence-electron chi connectivity index (χ1n) is 39.6. The van der Waals surface area contributed by atoms with E-state index in [0.717, 1.165) is 28.8 Å². The predicted octanol–water partition coefficient (Wildman–Crippen LogP) is 30.3. The minimum Gasteiger partial charge on any atom is -0.479 e. The van der Waals surface area contributed by atoms with E-state index in [1.807, 2.05) is 10.9 Å². The number of para-hydroxylation sites is 1. The summed E-state index contributed by atoms with van der Waals surface area (Å²) in [5.74, 6) is 4.11. The van der Waals surface area contributed by atoms with Crippen molar-refractivity contribution in [3.05, 3.63) is 284 Å². The van der Waals surface area contributed by atoms with Crippen molar-refractivity contribution in [2.24, 2.45) is 0 Å². The third-order valence-corrected chi connectivity index (χ3v) is 22.3. The molecular weight excluding hydrogens is 2240 g/mol. The van der Waals surface area contributed by atoms with Crippen LogP contribution < -0.4 is 0 Å². The van der Waals surface area contributed by atoms with Crippen LogP contribution in [0.5, 0.6) is 0 Å². The van der Waals surface area contributed by atoms with Crippen molar-refractivity contribution < 1.29 is 114 Å². The van der Waals surface area contributed by atoms with Crippen molar-refractivity contribution in [2.75, 3.05) is 0 Å². The predicted molar refractivity (Wildman–Crippen MR) is 475 cm³/mol. The number of furan rings is 2.